The Kier molecular flexibility index (Phi) is 4.55. The van der Waals surface area contributed by atoms with Crippen molar-refractivity contribution in [2.45, 2.75) is 38.8 Å². The maximum Gasteiger partial charge on any atom is 0.471 e. The number of anilines is 1. The number of nitrogens with one attached hydrogen (secondary N) is 1. The average molecular weight is 321 g/mol. The highest BCUT2D eigenvalue weighted by molar-refractivity contribution is 7.17. The Morgan fingerprint density at radius 2 is 1.95 bits per heavy atom. The molecule has 2 rings (SSSR count). The van der Waals surface area contributed by atoms with Crippen molar-refractivity contribution in [3.63, 3.8) is 0 Å². The van der Waals surface area contributed by atoms with Crippen LogP contribution in [0.1, 0.15) is 40.6 Å². The van der Waals surface area contributed by atoms with E-state index in [2.05, 4.69) is 0 Å². The first-order chi connectivity index (χ1) is 9.84. The van der Waals surface area contributed by atoms with Gasteiger partial charge < -0.3 is 10.1 Å². The summed E-state index contributed by atoms with van der Waals surface area (Å²) in [4.78, 5) is 23.9. The first-order valence-electron chi connectivity index (χ1n) is 6.54. The highest BCUT2D eigenvalue weighted by atomic mass is 32.1. The van der Waals surface area contributed by atoms with Gasteiger partial charge in [-0.2, -0.15) is 13.2 Å². The van der Waals surface area contributed by atoms with Gasteiger partial charge in [-0.15, -0.1) is 11.3 Å². The quantitative estimate of drug-likeness (QED) is 0.869. The zero-order chi connectivity index (χ0) is 15.6. The van der Waals surface area contributed by atoms with Gasteiger partial charge in [-0.05, 0) is 38.2 Å². The molecule has 1 heterocycles. The predicted octanol–water partition coefficient (Wildman–Crippen LogP) is 3.30. The van der Waals surface area contributed by atoms with Gasteiger partial charge in [0.05, 0.1) is 12.2 Å². The molecule has 116 valence electrons. The Morgan fingerprint density at radius 3 is 2.57 bits per heavy atom. The third-order valence-electron chi connectivity index (χ3n) is 3.14. The summed E-state index contributed by atoms with van der Waals surface area (Å²) in [6, 6.07) is 0. The fourth-order valence-electron chi connectivity index (χ4n) is 2.25. The third kappa shape index (κ3) is 3.37. The maximum atomic E-state index is 12.4. The lowest BCUT2D eigenvalue weighted by Crippen LogP contribution is -2.30. The van der Waals surface area contributed by atoms with Crippen molar-refractivity contribution in [3.8, 4) is 0 Å². The van der Waals surface area contributed by atoms with Crippen molar-refractivity contribution in [3.05, 3.63) is 16.0 Å². The van der Waals surface area contributed by atoms with Crippen molar-refractivity contribution in [2.24, 2.45) is 0 Å². The molecule has 0 fully saturated rings. The first kappa shape index (κ1) is 15.8. The molecule has 1 aliphatic rings. The van der Waals surface area contributed by atoms with Gasteiger partial charge in [0.2, 0.25) is 0 Å². The second-order valence-electron chi connectivity index (χ2n) is 4.59. The third-order valence-corrected chi connectivity index (χ3v) is 4.34. The molecule has 1 N–H and O–H groups in total. The lowest BCUT2D eigenvalue weighted by Gasteiger charge is -2.12. The number of halogens is 3. The number of carbonyl (C=O) groups excluding carboxylic acids is 2. The lowest BCUT2D eigenvalue weighted by atomic mass is 9.95. The van der Waals surface area contributed by atoms with Crippen molar-refractivity contribution in [1.82, 2.24) is 0 Å². The predicted molar refractivity (Wildman–Crippen MR) is 71.6 cm³/mol. The maximum absolute atomic E-state index is 12.4. The Balaban J connectivity index is 2.38. The van der Waals surface area contributed by atoms with E-state index in [1.807, 2.05) is 0 Å². The number of alkyl halides is 3. The van der Waals surface area contributed by atoms with Crippen LogP contribution in [0.4, 0.5) is 18.2 Å². The molecular weight excluding hydrogens is 307 g/mol. The summed E-state index contributed by atoms with van der Waals surface area (Å²) in [6.07, 6.45) is -1.89. The van der Waals surface area contributed by atoms with Gasteiger partial charge in [0, 0.05) is 4.88 Å². The molecule has 0 unspecified atom stereocenters. The highest BCUT2D eigenvalue weighted by Gasteiger charge is 2.40. The van der Waals surface area contributed by atoms with Crippen LogP contribution in [0.2, 0.25) is 0 Å². The number of amides is 1. The molecule has 0 aromatic carbocycles. The molecule has 1 aromatic rings. The van der Waals surface area contributed by atoms with Crippen LogP contribution in [0.5, 0.6) is 0 Å². The second kappa shape index (κ2) is 6.05. The van der Waals surface area contributed by atoms with E-state index in [1.165, 1.54) is 0 Å². The summed E-state index contributed by atoms with van der Waals surface area (Å²) in [7, 11) is 0. The van der Waals surface area contributed by atoms with Gasteiger partial charge >= 0.3 is 18.1 Å². The van der Waals surface area contributed by atoms with E-state index in [1.54, 1.807) is 12.2 Å². The first-order valence-corrected chi connectivity index (χ1v) is 7.36. The fourth-order valence-corrected chi connectivity index (χ4v) is 3.52. The monoisotopic (exact) mass is 321 g/mol. The summed E-state index contributed by atoms with van der Waals surface area (Å²) in [5, 5.41) is 1.73. The molecule has 4 nitrogen and oxygen atoms in total. The molecule has 0 spiro atoms. The molecule has 0 bridgehead atoms. The highest BCUT2D eigenvalue weighted by Crippen LogP contribution is 2.39. The van der Waals surface area contributed by atoms with E-state index in [0.29, 0.717) is 18.4 Å². The number of aryl methyl sites for hydroxylation is 1. The minimum atomic E-state index is -4.99. The molecule has 21 heavy (non-hydrogen) atoms. The molecular formula is C13H14F3NO3S. The average Bonchev–Trinajstić information content (AvgIpc) is 2.75. The van der Waals surface area contributed by atoms with Crippen LogP contribution in [0, 0.1) is 0 Å². The van der Waals surface area contributed by atoms with Crippen LogP contribution in [-0.2, 0) is 22.4 Å². The van der Waals surface area contributed by atoms with E-state index >= 15 is 0 Å². The normalized spacial score (nSPS) is 14.5. The number of hydrogen-bond donors (Lipinski definition) is 1. The van der Waals surface area contributed by atoms with Gasteiger partial charge in [-0.25, -0.2) is 4.79 Å². The number of thiophene rings is 1. The molecule has 0 aliphatic heterocycles. The molecule has 0 saturated carbocycles. The van der Waals surface area contributed by atoms with Gasteiger partial charge in [-0.1, -0.05) is 0 Å². The van der Waals surface area contributed by atoms with Crippen LogP contribution in [0.15, 0.2) is 0 Å². The minimum absolute atomic E-state index is 0.0670. The van der Waals surface area contributed by atoms with Crippen LogP contribution in [-0.4, -0.2) is 24.7 Å². The topological polar surface area (TPSA) is 55.4 Å². The van der Waals surface area contributed by atoms with Crippen molar-refractivity contribution in [1.29, 1.82) is 0 Å². The molecule has 1 aromatic heterocycles. The van der Waals surface area contributed by atoms with E-state index in [4.69, 9.17) is 4.74 Å². The smallest absolute Gasteiger partial charge is 0.462 e. The van der Waals surface area contributed by atoms with E-state index in [0.717, 1.165) is 29.1 Å². The molecule has 1 aliphatic carbocycles. The van der Waals surface area contributed by atoms with E-state index in [9.17, 15) is 22.8 Å². The van der Waals surface area contributed by atoms with E-state index in [-0.39, 0.29) is 17.2 Å². The van der Waals surface area contributed by atoms with E-state index < -0.39 is 18.1 Å². The second-order valence-corrected chi connectivity index (χ2v) is 5.69. The number of ether oxygens (including phenoxy) is 1. The van der Waals surface area contributed by atoms with Gasteiger partial charge in [0.1, 0.15) is 5.00 Å². The van der Waals surface area contributed by atoms with Crippen LogP contribution < -0.4 is 5.32 Å². The SMILES string of the molecule is CCOC(=O)c1c(NC(=O)C(F)(F)F)sc2c1CCCC2. The summed E-state index contributed by atoms with van der Waals surface area (Å²) < 4.78 is 42.0. The number of hydrogen-bond acceptors (Lipinski definition) is 4. The number of carbonyl (C=O) groups is 2. The molecule has 0 atom stereocenters. The fraction of sp³-hybridized carbons (Fsp3) is 0.538. The minimum Gasteiger partial charge on any atom is -0.462 e. The van der Waals surface area contributed by atoms with Gasteiger partial charge in [-0.3, -0.25) is 4.79 Å². The number of rotatable bonds is 3. The molecule has 1 amide bonds. The molecule has 8 heteroatoms. The number of esters is 1. The summed E-state index contributed by atoms with van der Waals surface area (Å²) in [5.41, 5.74) is 0.788. The summed E-state index contributed by atoms with van der Waals surface area (Å²) >= 11 is 1.03. The van der Waals surface area contributed by atoms with Crippen LogP contribution in [0.3, 0.4) is 0 Å². The van der Waals surface area contributed by atoms with Crippen molar-refractivity contribution >= 4 is 28.2 Å². The standard InChI is InChI=1S/C13H14F3NO3S/c1-2-20-11(18)9-7-5-3-4-6-8(7)21-10(9)17-12(19)13(14,15)16/h2-6H2,1H3,(H,17,19). The van der Waals surface area contributed by atoms with Crippen LogP contribution in [0.25, 0.3) is 0 Å². The van der Waals surface area contributed by atoms with Gasteiger partial charge in [0.25, 0.3) is 0 Å². The largest absolute Gasteiger partial charge is 0.471 e. The Hall–Kier alpha value is -1.57. The molecule has 0 saturated heterocycles. The van der Waals surface area contributed by atoms with Crippen molar-refractivity contribution in [2.75, 3.05) is 11.9 Å². The number of fused-ring (bicyclic) bond motifs is 1. The van der Waals surface area contributed by atoms with Crippen molar-refractivity contribution < 1.29 is 27.5 Å². The zero-order valence-electron chi connectivity index (χ0n) is 11.3. The Morgan fingerprint density at radius 1 is 1.29 bits per heavy atom. The van der Waals surface area contributed by atoms with Gasteiger partial charge in [0.15, 0.2) is 0 Å². The summed E-state index contributed by atoms with van der Waals surface area (Å²) in [5.74, 6) is -2.76. The Bertz CT molecular complexity index is 566. The summed E-state index contributed by atoms with van der Waals surface area (Å²) in [6.45, 7) is 1.74. The Labute approximate surface area is 123 Å². The zero-order valence-corrected chi connectivity index (χ0v) is 12.1. The lowest BCUT2D eigenvalue weighted by molar-refractivity contribution is -0.167. The molecule has 0 radical (unpaired) electrons. The van der Waals surface area contributed by atoms with Crippen LogP contribution >= 0.6 is 11.3 Å².